The van der Waals surface area contributed by atoms with Crippen molar-refractivity contribution in [3.8, 4) is 0 Å². The van der Waals surface area contributed by atoms with Gasteiger partial charge in [0.1, 0.15) is 5.69 Å². The number of anilines is 1. The largest absolute Gasteiger partial charge is 0.366 e. The van der Waals surface area contributed by atoms with Crippen LogP contribution >= 0.6 is 0 Å². The fraction of sp³-hybridized carbons (Fsp3) is 0.440. The quantitative estimate of drug-likeness (QED) is 0.551. The van der Waals surface area contributed by atoms with E-state index in [0.29, 0.717) is 48.7 Å². The number of nitrogens with one attached hydrogen (secondary N) is 1. The summed E-state index contributed by atoms with van der Waals surface area (Å²) in [5.74, 6) is 0.173. The minimum atomic E-state index is -0.392. The predicted octanol–water partition coefficient (Wildman–Crippen LogP) is 3.87. The molecule has 174 valence electrons. The molecule has 0 aliphatic carbocycles. The standard InChI is InChI=1S/C25H30N4O4/c1-18-6-5-13-28(17-18)22-10-9-20(16-23(22)29(32)33)25(31)27-14-11-21(12-15-27)26-24(30)19-7-3-2-4-8-19/h2-4,7-10,16,18,21H,5-6,11-15,17H2,1H3,(H,26,30). The lowest BCUT2D eigenvalue weighted by Crippen LogP contribution is -2.46. The van der Waals surface area contributed by atoms with Gasteiger partial charge < -0.3 is 15.1 Å². The van der Waals surface area contributed by atoms with Crippen molar-refractivity contribution in [2.24, 2.45) is 5.92 Å². The summed E-state index contributed by atoms with van der Waals surface area (Å²) in [4.78, 5) is 40.6. The smallest absolute Gasteiger partial charge is 0.293 e. The zero-order valence-electron chi connectivity index (χ0n) is 18.9. The van der Waals surface area contributed by atoms with Crippen molar-refractivity contribution in [3.63, 3.8) is 0 Å². The molecule has 1 unspecified atom stereocenters. The molecule has 0 aromatic heterocycles. The average molecular weight is 451 g/mol. The SMILES string of the molecule is CC1CCCN(c2ccc(C(=O)N3CCC(NC(=O)c4ccccc4)CC3)cc2[N+](=O)[O-])C1. The number of hydrogen-bond acceptors (Lipinski definition) is 5. The van der Waals surface area contributed by atoms with E-state index in [1.54, 1.807) is 29.2 Å². The summed E-state index contributed by atoms with van der Waals surface area (Å²) >= 11 is 0. The number of rotatable bonds is 5. The molecule has 2 aliphatic rings. The molecule has 1 atom stereocenters. The lowest BCUT2D eigenvalue weighted by atomic mass is 9.99. The van der Waals surface area contributed by atoms with Crippen LogP contribution in [0.2, 0.25) is 0 Å². The van der Waals surface area contributed by atoms with E-state index in [9.17, 15) is 19.7 Å². The normalized spacial score (nSPS) is 19.2. The molecule has 2 aromatic rings. The number of hydrogen-bond donors (Lipinski definition) is 1. The van der Waals surface area contributed by atoms with Crippen LogP contribution in [-0.4, -0.2) is 53.9 Å². The van der Waals surface area contributed by atoms with Gasteiger partial charge in [-0.05, 0) is 55.9 Å². The van der Waals surface area contributed by atoms with Crippen molar-refractivity contribution in [2.75, 3.05) is 31.1 Å². The van der Waals surface area contributed by atoms with E-state index in [1.165, 1.54) is 6.07 Å². The second-order valence-electron chi connectivity index (χ2n) is 9.06. The summed E-state index contributed by atoms with van der Waals surface area (Å²) in [6, 6.07) is 13.9. The average Bonchev–Trinajstić information content (AvgIpc) is 2.84. The minimum absolute atomic E-state index is 0.000408. The molecule has 2 fully saturated rings. The maximum absolute atomic E-state index is 13.1. The Hall–Kier alpha value is -3.42. The van der Waals surface area contributed by atoms with Crippen molar-refractivity contribution < 1.29 is 14.5 Å². The first-order chi connectivity index (χ1) is 15.9. The van der Waals surface area contributed by atoms with Gasteiger partial charge in [-0.25, -0.2) is 0 Å². The summed E-state index contributed by atoms with van der Waals surface area (Å²) in [5, 5.41) is 14.8. The van der Waals surface area contributed by atoms with Gasteiger partial charge in [-0.2, -0.15) is 0 Å². The van der Waals surface area contributed by atoms with Gasteiger partial charge in [0.05, 0.1) is 4.92 Å². The number of benzene rings is 2. The van der Waals surface area contributed by atoms with Crippen LogP contribution in [0.25, 0.3) is 0 Å². The fourth-order valence-electron chi connectivity index (χ4n) is 4.75. The van der Waals surface area contributed by atoms with Crippen LogP contribution in [0.3, 0.4) is 0 Å². The molecule has 0 spiro atoms. The Morgan fingerprint density at radius 2 is 1.73 bits per heavy atom. The number of piperidine rings is 2. The predicted molar refractivity (Wildman–Crippen MR) is 127 cm³/mol. The molecule has 2 saturated heterocycles. The molecular formula is C25H30N4O4. The lowest BCUT2D eigenvalue weighted by Gasteiger charge is -2.33. The molecule has 2 heterocycles. The van der Waals surface area contributed by atoms with E-state index in [2.05, 4.69) is 17.1 Å². The number of carbonyl (C=O) groups is 2. The van der Waals surface area contributed by atoms with Crippen molar-refractivity contribution in [3.05, 3.63) is 69.8 Å². The highest BCUT2D eigenvalue weighted by Gasteiger charge is 2.28. The Bertz CT molecular complexity index is 1020. The molecule has 1 N–H and O–H groups in total. The number of carbonyl (C=O) groups excluding carboxylic acids is 2. The summed E-state index contributed by atoms with van der Waals surface area (Å²) in [6.45, 7) is 4.73. The molecule has 2 aromatic carbocycles. The molecular weight excluding hydrogens is 420 g/mol. The zero-order chi connectivity index (χ0) is 23.4. The molecule has 8 heteroatoms. The molecule has 2 amide bonds. The van der Waals surface area contributed by atoms with Gasteiger partial charge in [0, 0.05) is 49.4 Å². The van der Waals surface area contributed by atoms with Crippen molar-refractivity contribution in [2.45, 2.75) is 38.6 Å². The van der Waals surface area contributed by atoms with Gasteiger partial charge in [0.25, 0.3) is 17.5 Å². The van der Waals surface area contributed by atoms with Gasteiger partial charge in [-0.15, -0.1) is 0 Å². The summed E-state index contributed by atoms with van der Waals surface area (Å²) in [7, 11) is 0. The van der Waals surface area contributed by atoms with Crippen LogP contribution in [0.1, 0.15) is 53.3 Å². The van der Waals surface area contributed by atoms with Gasteiger partial charge >= 0.3 is 0 Å². The first-order valence-corrected chi connectivity index (χ1v) is 11.6. The third-order valence-electron chi connectivity index (χ3n) is 6.57. The van der Waals surface area contributed by atoms with Gasteiger partial charge in [0.15, 0.2) is 0 Å². The van der Waals surface area contributed by atoms with Crippen LogP contribution in [-0.2, 0) is 0 Å². The summed E-state index contributed by atoms with van der Waals surface area (Å²) in [6.07, 6.45) is 3.43. The third-order valence-corrected chi connectivity index (χ3v) is 6.57. The van der Waals surface area contributed by atoms with E-state index < -0.39 is 4.92 Å². The number of nitro benzene ring substituents is 1. The second kappa shape index (κ2) is 10.0. The molecule has 33 heavy (non-hydrogen) atoms. The van der Waals surface area contributed by atoms with Gasteiger partial charge in [-0.1, -0.05) is 25.1 Å². The van der Waals surface area contributed by atoms with Crippen molar-refractivity contribution >= 4 is 23.2 Å². The molecule has 8 nitrogen and oxygen atoms in total. The Balaban J connectivity index is 1.39. The third kappa shape index (κ3) is 5.32. The molecule has 0 radical (unpaired) electrons. The minimum Gasteiger partial charge on any atom is -0.366 e. The number of amides is 2. The van der Waals surface area contributed by atoms with E-state index in [1.807, 2.05) is 18.2 Å². The van der Waals surface area contributed by atoms with E-state index in [-0.39, 0.29) is 23.5 Å². The monoisotopic (exact) mass is 450 g/mol. The van der Waals surface area contributed by atoms with Crippen LogP contribution in [0.15, 0.2) is 48.5 Å². The Morgan fingerprint density at radius 1 is 1.00 bits per heavy atom. The first-order valence-electron chi connectivity index (χ1n) is 11.6. The molecule has 4 rings (SSSR count). The Kier molecular flexibility index (Phi) is 6.91. The van der Waals surface area contributed by atoms with Crippen LogP contribution < -0.4 is 10.2 Å². The lowest BCUT2D eigenvalue weighted by molar-refractivity contribution is -0.384. The summed E-state index contributed by atoms with van der Waals surface area (Å²) in [5.41, 5.74) is 1.53. The Labute approximate surface area is 193 Å². The highest BCUT2D eigenvalue weighted by atomic mass is 16.6. The zero-order valence-corrected chi connectivity index (χ0v) is 18.9. The van der Waals surface area contributed by atoms with Crippen molar-refractivity contribution in [1.82, 2.24) is 10.2 Å². The van der Waals surface area contributed by atoms with Gasteiger partial charge in [-0.3, -0.25) is 19.7 Å². The maximum Gasteiger partial charge on any atom is 0.293 e. The van der Waals surface area contributed by atoms with Crippen LogP contribution in [0, 0.1) is 16.0 Å². The van der Waals surface area contributed by atoms with Crippen molar-refractivity contribution in [1.29, 1.82) is 0 Å². The highest BCUT2D eigenvalue weighted by Crippen LogP contribution is 2.33. The second-order valence-corrected chi connectivity index (χ2v) is 9.06. The van der Waals surface area contributed by atoms with Gasteiger partial charge in [0.2, 0.25) is 0 Å². The van der Waals surface area contributed by atoms with E-state index in [0.717, 1.165) is 25.9 Å². The number of likely N-dealkylation sites (tertiary alicyclic amines) is 1. The maximum atomic E-state index is 13.1. The van der Waals surface area contributed by atoms with Crippen LogP contribution in [0.4, 0.5) is 11.4 Å². The number of nitro groups is 1. The van der Waals surface area contributed by atoms with E-state index in [4.69, 9.17) is 0 Å². The molecule has 0 saturated carbocycles. The first kappa shape index (κ1) is 22.8. The molecule has 2 aliphatic heterocycles. The fourth-order valence-corrected chi connectivity index (χ4v) is 4.75. The van der Waals surface area contributed by atoms with Crippen LogP contribution in [0.5, 0.6) is 0 Å². The highest BCUT2D eigenvalue weighted by molar-refractivity contribution is 5.96. The Morgan fingerprint density at radius 3 is 2.39 bits per heavy atom. The summed E-state index contributed by atoms with van der Waals surface area (Å²) < 4.78 is 0. The number of nitrogens with zero attached hydrogens (tertiary/aromatic N) is 3. The topological polar surface area (TPSA) is 95.8 Å². The molecule has 0 bridgehead atoms. The van der Waals surface area contributed by atoms with E-state index >= 15 is 0 Å².